The molecule has 4 aromatic rings. The second-order valence-electron chi connectivity index (χ2n) is 10.1. The highest BCUT2D eigenvalue weighted by Gasteiger charge is 2.23. The molecular weight excluding hydrogens is 532 g/mol. The number of halogens is 2. The van der Waals surface area contributed by atoms with Crippen molar-refractivity contribution in [2.75, 3.05) is 30.6 Å². The van der Waals surface area contributed by atoms with Crippen LogP contribution in [0, 0.1) is 23.0 Å². The Morgan fingerprint density at radius 2 is 1.88 bits per heavy atom. The van der Waals surface area contributed by atoms with Crippen LogP contribution >= 0.6 is 0 Å². The van der Waals surface area contributed by atoms with Crippen LogP contribution in [0.4, 0.5) is 20.4 Å². The molecule has 1 unspecified atom stereocenters. The van der Waals surface area contributed by atoms with E-state index in [0.717, 1.165) is 25.7 Å². The topological polar surface area (TPSA) is 107 Å². The lowest BCUT2D eigenvalue weighted by Gasteiger charge is -2.32. The molecule has 0 spiro atoms. The summed E-state index contributed by atoms with van der Waals surface area (Å²) in [5.74, 6) is -1.12. The molecule has 2 N–H and O–H groups in total. The molecule has 11 heteroatoms. The summed E-state index contributed by atoms with van der Waals surface area (Å²) >= 11 is 0. The number of nitriles is 1. The molecule has 2 aromatic carbocycles. The zero-order valence-corrected chi connectivity index (χ0v) is 23.0. The molecule has 8 nitrogen and oxygen atoms in total. The molecule has 0 amide bonds. The molecule has 1 aliphatic carbocycles. The van der Waals surface area contributed by atoms with Crippen molar-refractivity contribution in [3.05, 3.63) is 72.2 Å². The Balaban J connectivity index is 1.31. The van der Waals surface area contributed by atoms with Crippen LogP contribution in [-0.4, -0.2) is 56.1 Å². The molecule has 5 rings (SSSR count). The van der Waals surface area contributed by atoms with E-state index in [1.807, 2.05) is 6.07 Å². The Kier molecular flexibility index (Phi) is 8.28. The van der Waals surface area contributed by atoms with E-state index >= 15 is 4.39 Å². The maximum atomic E-state index is 15.5. The summed E-state index contributed by atoms with van der Waals surface area (Å²) in [5, 5.41) is 15.9. The van der Waals surface area contributed by atoms with E-state index < -0.39 is 22.4 Å². The highest BCUT2D eigenvalue weighted by molar-refractivity contribution is 7.85. The van der Waals surface area contributed by atoms with Crippen LogP contribution in [0.15, 0.2) is 59.9 Å². The third kappa shape index (κ3) is 6.08. The maximum Gasteiger partial charge on any atom is 0.223 e. The predicted octanol–water partition coefficient (Wildman–Crippen LogP) is 5.30. The minimum Gasteiger partial charge on any atom is -0.371 e. The van der Waals surface area contributed by atoms with Crippen LogP contribution in [0.2, 0.25) is 0 Å². The minimum absolute atomic E-state index is 0.00836. The van der Waals surface area contributed by atoms with E-state index in [1.54, 1.807) is 24.4 Å². The van der Waals surface area contributed by atoms with Gasteiger partial charge in [-0.2, -0.15) is 5.26 Å². The molecule has 40 heavy (non-hydrogen) atoms. The van der Waals surface area contributed by atoms with Crippen molar-refractivity contribution in [3.63, 3.8) is 0 Å². The summed E-state index contributed by atoms with van der Waals surface area (Å²) < 4.78 is 43.0. The fourth-order valence-electron chi connectivity index (χ4n) is 4.96. The van der Waals surface area contributed by atoms with Gasteiger partial charge in [0.25, 0.3) is 0 Å². The SMILES string of the molecule is CN(C)C1CCC(Nc2ncc3cc(-c4c(F)ccc(NCS(=O)c5cncc(C#N)c5)c4F)ccc3n2)CC1. The zero-order chi connectivity index (χ0) is 28.2. The van der Waals surface area contributed by atoms with Crippen LogP contribution in [0.25, 0.3) is 22.0 Å². The van der Waals surface area contributed by atoms with Gasteiger partial charge in [-0.15, -0.1) is 0 Å². The Labute approximate surface area is 233 Å². The molecule has 0 saturated heterocycles. The van der Waals surface area contributed by atoms with Crippen LogP contribution in [0.3, 0.4) is 0 Å². The van der Waals surface area contributed by atoms with Crippen molar-refractivity contribution >= 4 is 33.3 Å². The van der Waals surface area contributed by atoms with E-state index in [2.05, 4.69) is 44.6 Å². The quantitative estimate of drug-likeness (QED) is 0.298. The monoisotopic (exact) mass is 561 g/mol. The lowest BCUT2D eigenvalue weighted by Crippen LogP contribution is -2.36. The van der Waals surface area contributed by atoms with Gasteiger partial charge in [0.15, 0.2) is 5.82 Å². The maximum absolute atomic E-state index is 15.5. The number of pyridine rings is 1. The molecule has 0 radical (unpaired) electrons. The van der Waals surface area contributed by atoms with Crippen molar-refractivity contribution in [1.82, 2.24) is 19.9 Å². The van der Waals surface area contributed by atoms with Gasteiger partial charge in [0, 0.05) is 36.1 Å². The Morgan fingerprint density at radius 1 is 1.07 bits per heavy atom. The van der Waals surface area contributed by atoms with E-state index in [4.69, 9.17) is 5.26 Å². The zero-order valence-electron chi connectivity index (χ0n) is 22.2. The number of hydrogen-bond acceptors (Lipinski definition) is 8. The van der Waals surface area contributed by atoms with Gasteiger partial charge in [0.1, 0.15) is 11.9 Å². The fraction of sp³-hybridized carbons (Fsp3) is 0.310. The van der Waals surface area contributed by atoms with E-state index in [1.165, 1.54) is 30.6 Å². The average molecular weight is 562 g/mol. The number of nitrogens with zero attached hydrogens (tertiary/aromatic N) is 5. The second-order valence-corrected chi connectivity index (χ2v) is 11.5. The summed E-state index contributed by atoms with van der Waals surface area (Å²) in [6, 6.07) is 11.8. The molecular formula is C29H29F2N7OS. The third-order valence-corrected chi connectivity index (χ3v) is 8.37. The van der Waals surface area contributed by atoms with Gasteiger partial charge in [-0.3, -0.25) is 9.19 Å². The van der Waals surface area contributed by atoms with Crippen LogP contribution in [0.5, 0.6) is 0 Å². The summed E-state index contributed by atoms with van der Waals surface area (Å²) in [5.41, 5.74) is 1.09. The van der Waals surface area contributed by atoms with Gasteiger partial charge in [-0.05, 0) is 75.7 Å². The summed E-state index contributed by atoms with van der Waals surface area (Å²) in [6.45, 7) is 0. The van der Waals surface area contributed by atoms with Crippen molar-refractivity contribution in [3.8, 4) is 17.2 Å². The van der Waals surface area contributed by atoms with Gasteiger partial charge < -0.3 is 15.5 Å². The largest absolute Gasteiger partial charge is 0.371 e. The van der Waals surface area contributed by atoms with Gasteiger partial charge in [-0.1, -0.05) is 6.07 Å². The Hall–Kier alpha value is -4.01. The highest BCUT2D eigenvalue weighted by atomic mass is 32.2. The second kappa shape index (κ2) is 12.0. The number of fused-ring (bicyclic) bond motifs is 1. The van der Waals surface area contributed by atoms with Crippen molar-refractivity contribution in [2.24, 2.45) is 0 Å². The Bertz CT molecular complexity index is 1600. The summed E-state index contributed by atoms with van der Waals surface area (Å²) in [6.07, 6.45) is 8.74. The first-order valence-electron chi connectivity index (χ1n) is 13.0. The number of benzene rings is 2. The van der Waals surface area contributed by atoms with Crippen molar-refractivity contribution < 1.29 is 13.0 Å². The Morgan fingerprint density at radius 3 is 2.62 bits per heavy atom. The number of aromatic nitrogens is 3. The van der Waals surface area contributed by atoms with Crippen LogP contribution in [0.1, 0.15) is 31.2 Å². The molecule has 1 aliphatic rings. The number of rotatable bonds is 8. The third-order valence-electron chi connectivity index (χ3n) is 7.22. The molecule has 1 atom stereocenters. The smallest absolute Gasteiger partial charge is 0.223 e. The lowest BCUT2D eigenvalue weighted by molar-refractivity contribution is 0.221. The number of nitrogens with one attached hydrogen (secondary N) is 2. The van der Waals surface area contributed by atoms with Crippen molar-refractivity contribution in [1.29, 1.82) is 5.26 Å². The summed E-state index contributed by atoms with van der Waals surface area (Å²) in [7, 11) is 2.63. The predicted molar refractivity (Wildman–Crippen MR) is 152 cm³/mol. The van der Waals surface area contributed by atoms with Crippen LogP contribution < -0.4 is 10.6 Å². The highest BCUT2D eigenvalue weighted by Crippen LogP contribution is 2.33. The molecule has 206 valence electrons. The fourth-order valence-corrected chi connectivity index (χ4v) is 5.85. The molecule has 0 aliphatic heterocycles. The molecule has 2 heterocycles. The van der Waals surface area contributed by atoms with Gasteiger partial charge >= 0.3 is 0 Å². The van der Waals surface area contributed by atoms with E-state index in [9.17, 15) is 8.60 Å². The molecule has 1 fully saturated rings. The molecule has 2 aromatic heterocycles. The number of anilines is 2. The average Bonchev–Trinajstić information content (AvgIpc) is 2.97. The van der Waals surface area contributed by atoms with Crippen molar-refractivity contribution in [2.45, 2.75) is 42.7 Å². The first-order valence-corrected chi connectivity index (χ1v) is 14.3. The van der Waals surface area contributed by atoms with E-state index in [0.29, 0.717) is 39.4 Å². The van der Waals surface area contributed by atoms with Gasteiger partial charge in [-0.25, -0.2) is 18.7 Å². The molecule has 1 saturated carbocycles. The first kappa shape index (κ1) is 27.6. The van der Waals surface area contributed by atoms with Gasteiger partial charge in [0.2, 0.25) is 5.95 Å². The standard InChI is InChI=1S/C29H29F2N7OS/c1-38(2)22-6-4-21(5-7-22)36-29-34-15-20-12-19(3-9-25(20)37-29)27-24(30)8-10-26(28(27)31)35-17-40(39)23-11-18(13-32)14-33-16-23/h3,8-12,14-16,21-22,35H,4-7,17H2,1-2H3,(H,34,36,37). The minimum atomic E-state index is -1.60. The molecule has 0 bridgehead atoms. The normalized spacial score (nSPS) is 17.9. The van der Waals surface area contributed by atoms with Gasteiger partial charge in [0.05, 0.1) is 43.9 Å². The lowest BCUT2D eigenvalue weighted by atomic mass is 9.91. The summed E-state index contributed by atoms with van der Waals surface area (Å²) in [4.78, 5) is 15.6. The van der Waals surface area contributed by atoms with E-state index in [-0.39, 0.29) is 22.7 Å². The first-order chi connectivity index (χ1) is 19.3. The van der Waals surface area contributed by atoms with Crippen LogP contribution in [-0.2, 0) is 10.8 Å². The number of hydrogen-bond donors (Lipinski definition) is 2.